The van der Waals surface area contributed by atoms with Gasteiger partial charge in [-0.15, -0.1) is 11.3 Å². The first-order chi connectivity index (χ1) is 8.24. The van der Waals surface area contributed by atoms with Crippen LogP contribution in [0.4, 0.5) is 4.39 Å². The molecule has 17 heavy (non-hydrogen) atoms. The van der Waals surface area contributed by atoms with Crippen LogP contribution in [0.15, 0.2) is 40.2 Å². The Labute approximate surface area is 112 Å². The average molecular weight is 315 g/mol. The molecule has 4 heteroatoms. The standard InChI is InChI=1S/C13H12BrFOS/c14-11-6-10(7-12(15)8-11)9-16-4-3-13-2-1-5-17-13/h1-2,5-8H,3-4,9H2. The first-order valence-corrected chi connectivity index (χ1v) is 6.96. The molecule has 1 aromatic carbocycles. The van der Waals surface area contributed by atoms with Crippen molar-refractivity contribution in [3.63, 3.8) is 0 Å². The van der Waals surface area contributed by atoms with Crippen LogP contribution in [0.1, 0.15) is 10.4 Å². The topological polar surface area (TPSA) is 9.23 Å². The second-order valence-corrected chi connectivity index (χ2v) is 5.61. The molecule has 0 aliphatic carbocycles. The van der Waals surface area contributed by atoms with Crippen LogP contribution in [-0.2, 0) is 17.8 Å². The van der Waals surface area contributed by atoms with E-state index < -0.39 is 0 Å². The maximum Gasteiger partial charge on any atom is 0.124 e. The van der Waals surface area contributed by atoms with Crippen molar-refractivity contribution in [1.82, 2.24) is 0 Å². The summed E-state index contributed by atoms with van der Waals surface area (Å²) in [6, 6.07) is 8.93. The van der Waals surface area contributed by atoms with E-state index >= 15 is 0 Å². The number of ether oxygens (including phenoxy) is 1. The van der Waals surface area contributed by atoms with Gasteiger partial charge in [-0.3, -0.25) is 0 Å². The van der Waals surface area contributed by atoms with Crippen molar-refractivity contribution in [3.8, 4) is 0 Å². The predicted octanol–water partition coefficient (Wildman–Crippen LogP) is 4.41. The molecule has 0 atom stereocenters. The van der Waals surface area contributed by atoms with Crippen LogP contribution in [-0.4, -0.2) is 6.61 Å². The fourth-order valence-corrected chi connectivity index (χ4v) is 2.71. The third-order valence-corrected chi connectivity index (χ3v) is 3.66. The van der Waals surface area contributed by atoms with Crippen LogP contribution in [0.25, 0.3) is 0 Å². The molecule has 0 N–H and O–H groups in total. The first-order valence-electron chi connectivity index (χ1n) is 5.29. The highest BCUT2D eigenvalue weighted by atomic mass is 79.9. The number of halogens is 2. The number of hydrogen-bond donors (Lipinski definition) is 0. The third kappa shape index (κ3) is 4.22. The lowest BCUT2D eigenvalue weighted by Gasteiger charge is -2.04. The van der Waals surface area contributed by atoms with Crippen molar-refractivity contribution < 1.29 is 9.13 Å². The molecule has 1 nitrogen and oxygen atoms in total. The van der Waals surface area contributed by atoms with E-state index in [9.17, 15) is 4.39 Å². The molecule has 0 bridgehead atoms. The zero-order chi connectivity index (χ0) is 12.1. The average Bonchev–Trinajstić information content (AvgIpc) is 2.76. The van der Waals surface area contributed by atoms with Gasteiger partial charge >= 0.3 is 0 Å². The maximum absolute atomic E-state index is 13.1. The van der Waals surface area contributed by atoms with Crippen LogP contribution in [0.2, 0.25) is 0 Å². The highest BCUT2D eigenvalue weighted by Gasteiger charge is 2.00. The molecular weight excluding hydrogens is 303 g/mol. The minimum atomic E-state index is -0.240. The van der Waals surface area contributed by atoms with E-state index in [2.05, 4.69) is 27.4 Å². The van der Waals surface area contributed by atoms with Crippen molar-refractivity contribution in [3.05, 3.63) is 56.4 Å². The van der Waals surface area contributed by atoms with Crippen molar-refractivity contribution in [1.29, 1.82) is 0 Å². The number of hydrogen-bond acceptors (Lipinski definition) is 2. The zero-order valence-corrected chi connectivity index (χ0v) is 11.6. The monoisotopic (exact) mass is 314 g/mol. The summed E-state index contributed by atoms with van der Waals surface area (Å²) in [4.78, 5) is 1.31. The Bertz CT molecular complexity index is 450. The molecule has 0 radical (unpaired) electrons. The van der Waals surface area contributed by atoms with Gasteiger partial charge in [-0.05, 0) is 35.2 Å². The highest BCUT2D eigenvalue weighted by molar-refractivity contribution is 9.10. The van der Waals surface area contributed by atoms with Gasteiger partial charge in [-0.1, -0.05) is 22.0 Å². The van der Waals surface area contributed by atoms with E-state index in [0.717, 1.165) is 16.5 Å². The van der Waals surface area contributed by atoms with Gasteiger partial charge < -0.3 is 4.74 Å². The van der Waals surface area contributed by atoms with E-state index in [1.54, 1.807) is 11.3 Å². The molecular formula is C13H12BrFOS. The fraction of sp³-hybridized carbons (Fsp3) is 0.231. The van der Waals surface area contributed by atoms with Crippen LogP contribution < -0.4 is 0 Å². The number of benzene rings is 1. The van der Waals surface area contributed by atoms with Gasteiger partial charge in [0.2, 0.25) is 0 Å². The Morgan fingerprint density at radius 2 is 2.18 bits per heavy atom. The SMILES string of the molecule is Fc1cc(Br)cc(COCCc2cccs2)c1. The lowest BCUT2D eigenvalue weighted by molar-refractivity contribution is 0.124. The third-order valence-electron chi connectivity index (χ3n) is 2.26. The Morgan fingerprint density at radius 3 is 2.88 bits per heavy atom. The van der Waals surface area contributed by atoms with Gasteiger partial charge in [0.1, 0.15) is 5.82 Å². The Balaban J connectivity index is 1.78. The Hall–Kier alpha value is -0.710. The van der Waals surface area contributed by atoms with E-state index in [4.69, 9.17) is 4.74 Å². The van der Waals surface area contributed by atoms with Crippen LogP contribution >= 0.6 is 27.3 Å². The minimum Gasteiger partial charge on any atom is -0.376 e. The zero-order valence-electron chi connectivity index (χ0n) is 9.16. The van der Waals surface area contributed by atoms with Crippen molar-refractivity contribution in [2.24, 2.45) is 0 Å². The van der Waals surface area contributed by atoms with Crippen molar-refractivity contribution in [2.45, 2.75) is 13.0 Å². The molecule has 0 unspecified atom stereocenters. The summed E-state index contributed by atoms with van der Waals surface area (Å²) in [6.45, 7) is 1.11. The van der Waals surface area contributed by atoms with Crippen LogP contribution in [0, 0.1) is 5.82 Å². The smallest absolute Gasteiger partial charge is 0.124 e. The van der Waals surface area contributed by atoms with Gasteiger partial charge in [0.25, 0.3) is 0 Å². The summed E-state index contributed by atoms with van der Waals surface area (Å²) >= 11 is 4.99. The molecule has 0 spiro atoms. The molecule has 1 heterocycles. The molecule has 0 amide bonds. The highest BCUT2D eigenvalue weighted by Crippen LogP contribution is 2.16. The van der Waals surface area contributed by atoms with E-state index in [1.165, 1.54) is 17.0 Å². The molecule has 1 aromatic heterocycles. The summed E-state index contributed by atoms with van der Waals surface area (Å²) in [5.74, 6) is -0.240. The summed E-state index contributed by atoms with van der Waals surface area (Å²) in [6.07, 6.45) is 0.911. The number of thiophene rings is 1. The first kappa shape index (κ1) is 12.7. The van der Waals surface area contributed by atoms with E-state index in [1.807, 2.05) is 12.1 Å². The van der Waals surface area contributed by atoms with Gasteiger partial charge in [-0.25, -0.2) is 4.39 Å². The normalized spacial score (nSPS) is 10.7. The Morgan fingerprint density at radius 1 is 1.29 bits per heavy atom. The maximum atomic E-state index is 13.1. The van der Waals surface area contributed by atoms with Crippen molar-refractivity contribution in [2.75, 3.05) is 6.61 Å². The quantitative estimate of drug-likeness (QED) is 0.743. The van der Waals surface area contributed by atoms with Crippen LogP contribution in [0.5, 0.6) is 0 Å². The number of rotatable bonds is 5. The predicted molar refractivity (Wildman–Crippen MR) is 71.8 cm³/mol. The summed E-state index contributed by atoms with van der Waals surface area (Å²) in [5, 5.41) is 2.05. The lowest BCUT2D eigenvalue weighted by Crippen LogP contribution is -1.98. The Kier molecular flexibility index (Phi) is 4.71. The van der Waals surface area contributed by atoms with E-state index in [0.29, 0.717) is 13.2 Å². The van der Waals surface area contributed by atoms with Gasteiger partial charge in [0, 0.05) is 15.8 Å². The molecule has 0 saturated carbocycles. The van der Waals surface area contributed by atoms with Crippen LogP contribution in [0.3, 0.4) is 0 Å². The summed E-state index contributed by atoms with van der Waals surface area (Å²) in [5.41, 5.74) is 0.850. The fourth-order valence-electron chi connectivity index (χ4n) is 1.51. The molecule has 0 aliphatic heterocycles. The summed E-state index contributed by atoms with van der Waals surface area (Å²) in [7, 11) is 0. The van der Waals surface area contributed by atoms with Crippen molar-refractivity contribution >= 4 is 27.3 Å². The molecule has 0 saturated heterocycles. The molecule has 90 valence electrons. The summed E-state index contributed by atoms with van der Waals surface area (Å²) < 4.78 is 19.3. The molecule has 2 rings (SSSR count). The van der Waals surface area contributed by atoms with Gasteiger partial charge in [-0.2, -0.15) is 0 Å². The molecule has 2 aromatic rings. The minimum absolute atomic E-state index is 0.240. The van der Waals surface area contributed by atoms with Gasteiger partial charge in [0.15, 0.2) is 0 Å². The van der Waals surface area contributed by atoms with Gasteiger partial charge in [0.05, 0.1) is 13.2 Å². The lowest BCUT2D eigenvalue weighted by atomic mass is 10.2. The van der Waals surface area contributed by atoms with E-state index in [-0.39, 0.29) is 5.82 Å². The second-order valence-electron chi connectivity index (χ2n) is 3.66. The molecule has 0 fully saturated rings. The molecule has 0 aliphatic rings. The second kappa shape index (κ2) is 6.28. The largest absolute Gasteiger partial charge is 0.376 e.